The van der Waals surface area contributed by atoms with Crippen LogP contribution in [-0.2, 0) is 4.79 Å². The minimum absolute atomic E-state index is 0.248. The van der Waals surface area contributed by atoms with Gasteiger partial charge in [0.15, 0.2) is 0 Å². The lowest BCUT2D eigenvalue weighted by molar-refractivity contribution is -0.144. The highest BCUT2D eigenvalue weighted by molar-refractivity contribution is 5.95. The van der Waals surface area contributed by atoms with Crippen LogP contribution in [0.15, 0.2) is 60.7 Å². The van der Waals surface area contributed by atoms with E-state index in [2.05, 4.69) is 5.32 Å². The van der Waals surface area contributed by atoms with Crippen molar-refractivity contribution in [2.24, 2.45) is 5.41 Å². The summed E-state index contributed by atoms with van der Waals surface area (Å²) in [5.41, 5.74) is 0.475. The summed E-state index contributed by atoms with van der Waals surface area (Å²) in [6, 6.07) is 17.6. The molecule has 0 spiro atoms. The third kappa shape index (κ3) is 2.60. The normalized spacial score (nSPS) is 16.5. The zero-order chi connectivity index (χ0) is 15.6. The number of carbonyl (C=O) groups excluding carboxylic acids is 1. The fourth-order valence-corrected chi connectivity index (χ4v) is 2.75. The molecule has 112 valence electrons. The van der Waals surface area contributed by atoms with Crippen LogP contribution in [0.4, 0.5) is 0 Å². The van der Waals surface area contributed by atoms with Crippen LogP contribution < -0.4 is 5.32 Å². The summed E-state index contributed by atoms with van der Waals surface area (Å²) in [7, 11) is 0. The van der Waals surface area contributed by atoms with Crippen molar-refractivity contribution in [3.63, 3.8) is 0 Å². The predicted octanol–water partition coefficient (Wildman–Crippen LogP) is 3.02. The molecule has 0 radical (unpaired) electrons. The van der Waals surface area contributed by atoms with Gasteiger partial charge in [0.25, 0.3) is 5.91 Å². The molecule has 4 heteroatoms. The maximum Gasteiger partial charge on any atom is 0.312 e. The molecule has 1 aliphatic carbocycles. The molecule has 3 rings (SSSR count). The van der Waals surface area contributed by atoms with Crippen LogP contribution in [-0.4, -0.2) is 17.0 Å². The van der Waals surface area contributed by atoms with E-state index in [0.717, 1.165) is 5.56 Å². The van der Waals surface area contributed by atoms with Crippen LogP contribution in [0.25, 0.3) is 0 Å². The van der Waals surface area contributed by atoms with Gasteiger partial charge in [-0.1, -0.05) is 48.5 Å². The van der Waals surface area contributed by atoms with Crippen molar-refractivity contribution in [1.29, 1.82) is 0 Å². The first-order chi connectivity index (χ1) is 10.6. The van der Waals surface area contributed by atoms with E-state index in [4.69, 9.17) is 0 Å². The summed E-state index contributed by atoms with van der Waals surface area (Å²) in [5.74, 6) is -1.10. The van der Waals surface area contributed by atoms with E-state index in [-0.39, 0.29) is 5.91 Å². The lowest BCUT2D eigenvalue weighted by atomic mass is 9.89. The second-order valence-electron chi connectivity index (χ2n) is 5.64. The molecule has 4 nitrogen and oxygen atoms in total. The number of benzene rings is 2. The van der Waals surface area contributed by atoms with Gasteiger partial charge in [0, 0.05) is 5.56 Å². The number of carbonyl (C=O) groups is 2. The van der Waals surface area contributed by atoms with Gasteiger partial charge in [-0.3, -0.25) is 9.59 Å². The van der Waals surface area contributed by atoms with Gasteiger partial charge in [0.2, 0.25) is 0 Å². The number of amides is 1. The molecular weight excluding hydrogens is 278 g/mol. The van der Waals surface area contributed by atoms with Gasteiger partial charge >= 0.3 is 5.97 Å². The zero-order valence-electron chi connectivity index (χ0n) is 12.0. The maximum atomic E-state index is 12.4. The third-order valence-corrected chi connectivity index (χ3v) is 4.21. The predicted molar refractivity (Wildman–Crippen MR) is 82.4 cm³/mol. The fraction of sp³-hybridized carbons (Fsp3) is 0.222. The summed E-state index contributed by atoms with van der Waals surface area (Å²) >= 11 is 0. The Bertz CT molecular complexity index is 678. The van der Waals surface area contributed by atoms with Crippen molar-refractivity contribution in [3.8, 4) is 0 Å². The third-order valence-electron chi connectivity index (χ3n) is 4.21. The zero-order valence-corrected chi connectivity index (χ0v) is 12.0. The molecular formula is C18H17NO3. The van der Waals surface area contributed by atoms with E-state index in [0.29, 0.717) is 18.4 Å². The molecule has 1 amide bonds. The Kier molecular flexibility index (Phi) is 3.67. The molecule has 1 aliphatic rings. The first-order valence-electron chi connectivity index (χ1n) is 7.28. The van der Waals surface area contributed by atoms with Gasteiger partial charge < -0.3 is 10.4 Å². The topological polar surface area (TPSA) is 66.4 Å². The molecule has 1 saturated carbocycles. The minimum atomic E-state index is -0.883. The summed E-state index contributed by atoms with van der Waals surface area (Å²) in [4.78, 5) is 24.1. The Hall–Kier alpha value is -2.62. The minimum Gasteiger partial charge on any atom is -0.481 e. The molecule has 1 fully saturated rings. The SMILES string of the molecule is O=C(NC(c1ccccc1)C1(C(=O)O)CC1)c1ccccc1. The fourth-order valence-electron chi connectivity index (χ4n) is 2.75. The highest BCUT2D eigenvalue weighted by Crippen LogP contribution is 2.55. The molecule has 2 N–H and O–H groups in total. The Morgan fingerprint density at radius 3 is 2.00 bits per heavy atom. The van der Waals surface area contributed by atoms with Gasteiger partial charge in [-0.25, -0.2) is 0 Å². The highest BCUT2D eigenvalue weighted by atomic mass is 16.4. The number of aliphatic carboxylic acids is 1. The second-order valence-corrected chi connectivity index (χ2v) is 5.64. The Labute approximate surface area is 128 Å². The van der Waals surface area contributed by atoms with Gasteiger partial charge in [0.1, 0.15) is 0 Å². The summed E-state index contributed by atoms with van der Waals surface area (Å²) in [6.45, 7) is 0. The number of carboxylic acid groups (broad SMARTS) is 1. The average Bonchev–Trinajstić information content (AvgIpc) is 3.36. The van der Waals surface area contributed by atoms with Gasteiger partial charge in [-0.15, -0.1) is 0 Å². The monoisotopic (exact) mass is 295 g/mol. The summed E-state index contributed by atoms with van der Waals surface area (Å²) in [6.07, 6.45) is 1.16. The first-order valence-corrected chi connectivity index (χ1v) is 7.28. The Balaban J connectivity index is 1.90. The van der Waals surface area contributed by atoms with Gasteiger partial charge in [-0.05, 0) is 30.5 Å². The van der Waals surface area contributed by atoms with Gasteiger partial charge in [-0.2, -0.15) is 0 Å². The van der Waals surface area contributed by atoms with E-state index in [1.807, 2.05) is 36.4 Å². The van der Waals surface area contributed by atoms with Crippen LogP contribution >= 0.6 is 0 Å². The van der Waals surface area contributed by atoms with Crippen molar-refractivity contribution in [2.75, 3.05) is 0 Å². The standard InChI is InChI=1S/C18H17NO3/c20-16(14-9-5-2-6-10-14)19-15(13-7-3-1-4-8-13)18(11-12-18)17(21)22/h1-10,15H,11-12H2,(H,19,20)(H,21,22). The van der Waals surface area contributed by atoms with Crippen LogP contribution in [0.1, 0.15) is 34.8 Å². The Morgan fingerprint density at radius 2 is 1.50 bits per heavy atom. The molecule has 2 aromatic rings. The quantitative estimate of drug-likeness (QED) is 0.891. The molecule has 1 unspecified atom stereocenters. The molecule has 0 aliphatic heterocycles. The molecule has 0 saturated heterocycles. The van der Waals surface area contributed by atoms with E-state index in [1.54, 1.807) is 24.3 Å². The maximum absolute atomic E-state index is 12.4. The smallest absolute Gasteiger partial charge is 0.312 e. The van der Waals surface area contributed by atoms with Crippen LogP contribution in [0.5, 0.6) is 0 Å². The van der Waals surface area contributed by atoms with E-state index >= 15 is 0 Å². The van der Waals surface area contributed by atoms with Gasteiger partial charge in [0.05, 0.1) is 11.5 Å². The van der Waals surface area contributed by atoms with Crippen LogP contribution in [0.3, 0.4) is 0 Å². The van der Waals surface area contributed by atoms with Crippen LogP contribution in [0.2, 0.25) is 0 Å². The molecule has 1 atom stereocenters. The molecule has 0 heterocycles. The van der Waals surface area contributed by atoms with Crippen molar-refractivity contribution in [1.82, 2.24) is 5.32 Å². The number of hydrogen-bond acceptors (Lipinski definition) is 2. The van der Waals surface area contributed by atoms with E-state index in [9.17, 15) is 14.7 Å². The second kappa shape index (κ2) is 5.64. The number of carboxylic acids is 1. The molecule has 22 heavy (non-hydrogen) atoms. The largest absolute Gasteiger partial charge is 0.481 e. The summed E-state index contributed by atoms with van der Waals surface area (Å²) < 4.78 is 0. The lowest BCUT2D eigenvalue weighted by Crippen LogP contribution is -2.38. The van der Waals surface area contributed by atoms with E-state index < -0.39 is 17.4 Å². The summed E-state index contributed by atoms with van der Waals surface area (Å²) in [5, 5.41) is 12.5. The highest BCUT2D eigenvalue weighted by Gasteiger charge is 2.57. The van der Waals surface area contributed by atoms with E-state index in [1.165, 1.54) is 0 Å². The molecule has 0 bridgehead atoms. The average molecular weight is 295 g/mol. The van der Waals surface area contributed by atoms with Crippen molar-refractivity contribution >= 4 is 11.9 Å². The Morgan fingerprint density at radius 1 is 0.955 bits per heavy atom. The van der Waals surface area contributed by atoms with Crippen molar-refractivity contribution < 1.29 is 14.7 Å². The van der Waals surface area contributed by atoms with Crippen LogP contribution in [0, 0.1) is 5.41 Å². The number of rotatable bonds is 5. The number of nitrogens with one attached hydrogen (secondary N) is 1. The van der Waals surface area contributed by atoms with Crippen molar-refractivity contribution in [2.45, 2.75) is 18.9 Å². The molecule has 2 aromatic carbocycles. The van der Waals surface area contributed by atoms with Crippen molar-refractivity contribution in [3.05, 3.63) is 71.8 Å². The molecule has 0 aromatic heterocycles. The lowest BCUT2D eigenvalue weighted by Gasteiger charge is -2.25. The first kappa shape index (κ1) is 14.3. The number of hydrogen-bond donors (Lipinski definition) is 2.